The van der Waals surface area contributed by atoms with E-state index in [2.05, 4.69) is 5.32 Å². The highest BCUT2D eigenvalue weighted by Crippen LogP contribution is 2.28. The van der Waals surface area contributed by atoms with E-state index in [1.165, 1.54) is 17.0 Å². The van der Waals surface area contributed by atoms with E-state index in [0.29, 0.717) is 30.2 Å². The molecule has 0 fully saturated rings. The van der Waals surface area contributed by atoms with Gasteiger partial charge in [-0.25, -0.2) is 8.42 Å². The standard InChI is InChI=1S/C36H41N3O5S/c1-27(2)25-37-36(41)29(4)38(24-23-30-11-7-5-8-12-30)35(40)26-39(45(42,43)34-21-15-28(3)16-22-34)31-17-19-33(20-18-31)44-32-13-9-6-10-14-32/h5-22,27,29H,23-26H2,1-4H3,(H,37,41)/t29-/m1/s1. The molecule has 45 heavy (non-hydrogen) atoms. The third kappa shape index (κ3) is 9.18. The first-order chi connectivity index (χ1) is 21.5. The van der Waals surface area contributed by atoms with Crippen LogP contribution in [0.25, 0.3) is 0 Å². The lowest BCUT2D eigenvalue weighted by atomic mass is 10.1. The molecule has 0 bridgehead atoms. The number of nitrogens with zero attached hydrogens (tertiary/aromatic N) is 2. The summed E-state index contributed by atoms with van der Waals surface area (Å²) in [4.78, 5) is 28.8. The second-order valence-corrected chi connectivity index (χ2v) is 13.2. The number of hydrogen-bond donors (Lipinski definition) is 1. The molecule has 9 heteroatoms. The van der Waals surface area contributed by atoms with Crippen LogP contribution in [0.5, 0.6) is 11.5 Å². The summed E-state index contributed by atoms with van der Waals surface area (Å²) < 4.78 is 35.2. The quantitative estimate of drug-likeness (QED) is 0.179. The molecule has 0 aliphatic carbocycles. The monoisotopic (exact) mass is 627 g/mol. The van der Waals surface area contributed by atoms with Gasteiger partial charge in [0, 0.05) is 13.1 Å². The van der Waals surface area contributed by atoms with Crippen molar-refractivity contribution < 1.29 is 22.7 Å². The first kappa shape index (κ1) is 33.3. The van der Waals surface area contributed by atoms with Gasteiger partial charge < -0.3 is 15.0 Å². The highest BCUT2D eigenvalue weighted by Gasteiger charge is 2.32. The first-order valence-electron chi connectivity index (χ1n) is 15.1. The van der Waals surface area contributed by atoms with Gasteiger partial charge >= 0.3 is 0 Å². The van der Waals surface area contributed by atoms with E-state index >= 15 is 0 Å². The molecule has 4 aromatic rings. The number of amides is 2. The van der Waals surface area contributed by atoms with Crippen LogP contribution in [0.15, 0.2) is 114 Å². The number of rotatable bonds is 14. The molecule has 0 unspecified atom stereocenters. The fourth-order valence-electron chi connectivity index (χ4n) is 4.69. The number of sulfonamides is 1. The van der Waals surface area contributed by atoms with Gasteiger partial charge in [0.05, 0.1) is 10.6 Å². The normalized spacial score (nSPS) is 11.9. The summed E-state index contributed by atoms with van der Waals surface area (Å²) in [5, 5.41) is 2.91. The topological polar surface area (TPSA) is 96.0 Å². The van der Waals surface area contributed by atoms with Crippen molar-refractivity contribution in [2.75, 3.05) is 23.9 Å². The Bertz CT molecular complexity index is 1640. The van der Waals surface area contributed by atoms with Crippen LogP contribution >= 0.6 is 0 Å². The van der Waals surface area contributed by atoms with E-state index < -0.39 is 28.5 Å². The molecule has 0 spiro atoms. The molecule has 236 valence electrons. The van der Waals surface area contributed by atoms with Gasteiger partial charge in [0.2, 0.25) is 11.8 Å². The molecule has 1 N–H and O–H groups in total. The summed E-state index contributed by atoms with van der Waals surface area (Å²) in [5.74, 6) is 0.616. The second-order valence-electron chi connectivity index (χ2n) is 11.4. The molecule has 1 atom stereocenters. The molecule has 0 radical (unpaired) electrons. The van der Waals surface area contributed by atoms with Crippen LogP contribution in [0.1, 0.15) is 31.9 Å². The molecule has 0 saturated heterocycles. The highest BCUT2D eigenvalue weighted by molar-refractivity contribution is 7.92. The average molecular weight is 628 g/mol. The zero-order valence-corrected chi connectivity index (χ0v) is 27.0. The molecule has 0 aliphatic heterocycles. The number of ether oxygens (including phenoxy) is 1. The van der Waals surface area contributed by atoms with E-state index in [-0.39, 0.29) is 23.3 Å². The molecular formula is C36H41N3O5S. The van der Waals surface area contributed by atoms with Crippen molar-refractivity contribution in [2.24, 2.45) is 5.92 Å². The van der Waals surface area contributed by atoms with Crippen molar-refractivity contribution in [3.63, 3.8) is 0 Å². The van der Waals surface area contributed by atoms with Crippen LogP contribution in [0.2, 0.25) is 0 Å². The predicted octanol–water partition coefficient (Wildman–Crippen LogP) is 6.21. The molecule has 0 aliphatic rings. The maximum Gasteiger partial charge on any atom is 0.264 e. The lowest BCUT2D eigenvalue weighted by Crippen LogP contribution is -2.52. The Kier molecular flexibility index (Phi) is 11.4. The molecule has 0 aromatic heterocycles. The van der Waals surface area contributed by atoms with Crippen molar-refractivity contribution in [2.45, 2.75) is 45.1 Å². The van der Waals surface area contributed by atoms with Gasteiger partial charge in [0.15, 0.2) is 0 Å². The number of carbonyl (C=O) groups is 2. The van der Waals surface area contributed by atoms with Gasteiger partial charge in [-0.05, 0) is 80.3 Å². The average Bonchev–Trinajstić information content (AvgIpc) is 3.04. The van der Waals surface area contributed by atoms with E-state index in [1.54, 1.807) is 43.3 Å². The second kappa shape index (κ2) is 15.4. The summed E-state index contributed by atoms with van der Waals surface area (Å²) in [6.07, 6.45) is 0.505. The van der Waals surface area contributed by atoms with Gasteiger partial charge in [0.25, 0.3) is 10.0 Å². The summed E-state index contributed by atoms with van der Waals surface area (Å²) in [7, 11) is -4.16. The number of hydrogen-bond acceptors (Lipinski definition) is 5. The van der Waals surface area contributed by atoms with E-state index in [4.69, 9.17) is 4.74 Å². The van der Waals surface area contributed by atoms with E-state index in [9.17, 15) is 18.0 Å². The molecule has 4 aromatic carbocycles. The summed E-state index contributed by atoms with van der Waals surface area (Å²) >= 11 is 0. The first-order valence-corrected chi connectivity index (χ1v) is 16.5. The van der Waals surface area contributed by atoms with Crippen LogP contribution in [0.3, 0.4) is 0 Å². The van der Waals surface area contributed by atoms with Gasteiger partial charge in [-0.3, -0.25) is 13.9 Å². The zero-order chi connectivity index (χ0) is 32.4. The maximum atomic E-state index is 14.1. The van der Waals surface area contributed by atoms with Crippen molar-refractivity contribution in [1.82, 2.24) is 10.2 Å². The number of para-hydroxylation sites is 1. The number of carbonyl (C=O) groups excluding carboxylic acids is 2. The third-order valence-corrected chi connectivity index (χ3v) is 9.12. The number of anilines is 1. The van der Waals surface area contributed by atoms with Crippen LogP contribution in [0, 0.1) is 12.8 Å². The van der Waals surface area contributed by atoms with E-state index in [1.807, 2.05) is 81.4 Å². The largest absolute Gasteiger partial charge is 0.457 e. The van der Waals surface area contributed by atoms with Crippen molar-refractivity contribution in [1.29, 1.82) is 0 Å². The summed E-state index contributed by atoms with van der Waals surface area (Å²) in [6, 6.07) is 31.2. The molecule has 0 saturated carbocycles. The van der Waals surface area contributed by atoms with Crippen molar-refractivity contribution in [3.05, 3.63) is 120 Å². The molecule has 8 nitrogen and oxygen atoms in total. The van der Waals surface area contributed by atoms with Crippen molar-refractivity contribution in [3.8, 4) is 11.5 Å². The van der Waals surface area contributed by atoms with Crippen LogP contribution in [0.4, 0.5) is 5.69 Å². The Morgan fingerprint density at radius 1 is 0.778 bits per heavy atom. The highest BCUT2D eigenvalue weighted by atomic mass is 32.2. The van der Waals surface area contributed by atoms with Crippen molar-refractivity contribution >= 4 is 27.5 Å². The van der Waals surface area contributed by atoms with Gasteiger partial charge in [-0.15, -0.1) is 0 Å². The predicted molar refractivity (Wildman–Crippen MR) is 178 cm³/mol. The third-order valence-electron chi connectivity index (χ3n) is 7.33. The molecular weight excluding hydrogens is 586 g/mol. The van der Waals surface area contributed by atoms with E-state index in [0.717, 1.165) is 15.4 Å². The Hall–Kier alpha value is -4.63. The lowest BCUT2D eigenvalue weighted by molar-refractivity contribution is -0.138. The fourth-order valence-corrected chi connectivity index (χ4v) is 6.11. The fraction of sp³-hybridized carbons (Fsp3) is 0.278. The minimum absolute atomic E-state index is 0.0593. The SMILES string of the molecule is Cc1ccc(S(=O)(=O)N(CC(=O)N(CCc2ccccc2)[C@H](C)C(=O)NCC(C)C)c2ccc(Oc3ccccc3)cc2)cc1. The molecule has 0 heterocycles. The Labute approximate surface area is 266 Å². The van der Waals surface area contributed by atoms with Crippen LogP contribution in [-0.4, -0.2) is 50.8 Å². The Morgan fingerprint density at radius 3 is 1.96 bits per heavy atom. The summed E-state index contributed by atoms with van der Waals surface area (Å²) in [6.45, 7) is 7.75. The molecule has 2 amide bonds. The van der Waals surface area contributed by atoms with Gasteiger partial charge in [-0.2, -0.15) is 0 Å². The minimum atomic E-state index is -4.16. The number of nitrogens with one attached hydrogen (secondary N) is 1. The van der Waals surface area contributed by atoms with Crippen LogP contribution < -0.4 is 14.4 Å². The maximum absolute atomic E-state index is 14.1. The smallest absolute Gasteiger partial charge is 0.264 e. The molecule has 4 rings (SSSR count). The number of aryl methyl sites for hydroxylation is 1. The summed E-state index contributed by atoms with van der Waals surface area (Å²) in [5.41, 5.74) is 2.21. The Morgan fingerprint density at radius 2 is 1.36 bits per heavy atom. The number of benzene rings is 4. The zero-order valence-electron chi connectivity index (χ0n) is 26.2. The van der Waals surface area contributed by atoms with Gasteiger partial charge in [0.1, 0.15) is 24.1 Å². The lowest BCUT2D eigenvalue weighted by Gasteiger charge is -2.32. The van der Waals surface area contributed by atoms with Crippen LogP contribution in [-0.2, 0) is 26.0 Å². The minimum Gasteiger partial charge on any atom is -0.457 e. The van der Waals surface area contributed by atoms with Gasteiger partial charge in [-0.1, -0.05) is 80.1 Å². The Balaban J connectivity index is 1.66.